The fourth-order valence-electron chi connectivity index (χ4n) is 1.10. The summed E-state index contributed by atoms with van der Waals surface area (Å²) in [6.45, 7) is 6.69. The third kappa shape index (κ3) is 4.55. The number of aliphatic imine (C=N–C) groups is 1. The molecule has 0 rings (SSSR count). The van der Waals surface area contributed by atoms with Gasteiger partial charge in [-0.2, -0.15) is 4.99 Å². The van der Waals surface area contributed by atoms with Gasteiger partial charge in [0.1, 0.15) is 0 Å². The highest BCUT2D eigenvalue weighted by atomic mass is 19.4. The molecule has 0 bridgehead atoms. The predicted molar refractivity (Wildman–Crippen MR) is 58.6 cm³/mol. The van der Waals surface area contributed by atoms with Gasteiger partial charge in [0.05, 0.1) is 11.4 Å². The van der Waals surface area contributed by atoms with Crippen molar-refractivity contribution in [2.24, 2.45) is 28.3 Å². The average Bonchev–Trinajstić information content (AvgIpc) is 2.09. The topological polar surface area (TPSA) is 64.4 Å². The van der Waals surface area contributed by atoms with Crippen molar-refractivity contribution >= 4 is 5.71 Å². The first-order chi connectivity index (χ1) is 7.06. The molecule has 0 saturated heterocycles. The first-order valence-corrected chi connectivity index (χ1v) is 4.98. The number of hydrogen-bond donors (Lipinski definition) is 2. The molecule has 4 N–H and O–H groups in total. The Morgan fingerprint density at radius 3 is 1.69 bits per heavy atom. The number of hydrogen-bond acceptors (Lipinski definition) is 3. The van der Waals surface area contributed by atoms with E-state index in [-0.39, 0.29) is 23.0 Å². The van der Waals surface area contributed by atoms with Crippen molar-refractivity contribution in [2.45, 2.75) is 34.0 Å². The van der Waals surface area contributed by atoms with E-state index in [0.29, 0.717) is 0 Å². The molecule has 3 nitrogen and oxygen atoms in total. The average molecular weight is 237 g/mol. The quantitative estimate of drug-likeness (QED) is 0.584. The lowest BCUT2D eigenvalue weighted by Gasteiger charge is -2.16. The van der Waals surface area contributed by atoms with Gasteiger partial charge in [0.15, 0.2) is 0 Å². The third-order valence-electron chi connectivity index (χ3n) is 2.00. The standard InChI is InChI=1S/C10H18F3N3/c1-5(2)7(14)8(15)9(6(3)4)16-10(11,12)13/h5-6H,14-15H2,1-4H3. The fourth-order valence-corrected chi connectivity index (χ4v) is 1.10. The summed E-state index contributed by atoms with van der Waals surface area (Å²) in [5.74, 6) is -0.545. The van der Waals surface area contributed by atoms with Crippen molar-refractivity contribution < 1.29 is 13.2 Å². The van der Waals surface area contributed by atoms with Crippen LogP contribution in [0.3, 0.4) is 0 Å². The van der Waals surface area contributed by atoms with Gasteiger partial charge >= 0.3 is 6.30 Å². The molecular formula is C10H18F3N3. The molecule has 0 fully saturated rings. The van der Waals surface area contributed by atoms with Crippen LogP contribution in [0.1, 0.15) is 27.7 Å². The Labute approximate surface area is 93.4 Å². The smallest absolute Gasteiger partial charge is 0.400 e. The summed E-state index contributed by atoms with van der Waals surface area (Å²) in [5.41, 5.74) is 11.2. The Morgan fingerprint density at radius 2 is 1.44 bits per heavy atom. The summed E-state index contributed by atoms with van der Waals surface area (Å²) in [5, 5.41) is 0. The van der Waals surface area contributed by atoms with Gasteiger partial charge in [0.2, 0.25) is 0 Å². The second-order valence-corrected chi connectivity index (χ2v) is 4.14. The molecule has 0 unspecified atom stereocenters. The van der Waals surface area contributed by atoms with Crippen LogP contribution in [0.25, 0.3) is 0 Å². The molecule has 0 aliphatic carbocycles. The maximum atomic E-state index is 12.2. The number of allylic oxidation sites excluding steroid dienone is 2. The third-order valence-corrected chi connectivity index (χ3v) is 2.00. The predicted octanol–water partition coefficient (Wildman–Crippen LogP) is 2.39. The van der Waals surface area contributed by atoms with Crippen LogP contribution in [0.4, 0.5) is 13.2 Å². The van der Waals surface area contributed by atoms with Gasteiger partial charge in [-0.3, -0.25) is 0 Å². The zero-order valence-electron chi connectivity index (χ0n) is 9.89. The summed E-state index contributed by atoms with van der Waals surface area (Å²) >= 11 is 0. The lowest BCUT2D eigenvalue weighted by Crippen LogP contribution is -2.26. The van der Waals surface area contributed by atoms with Gasteiger partial charge in [-0.25, -0.2) is 0 Å². The van der Waals surface area contributed by atoms with Gasteiger partial charge < -0.3 is 11.5 Å². The Kier molecular flexibility index (Phi) is 4.83. The van der Waals surface area contributed by atoms with Gasteiger partial charge in [-0.15, -0.1) is 13.2 Å². The van der Waals surface area contributed by atoms with Gasteiger partial charge in [-0.1, -0.05) is 27.7 Å². The van der Waals surface area contributed by atoms with E-state index in [0.717, 1.165) is 0 Å². The van der Waals surface area contributed by atoms with Crippen LogP contribution in [0.2, 0.25) is 0 Å². The maximum absolute atomic E-state index is 12.2. The highest BCUT2D eigenvalue weighted by Gasteiger charge is 2.29. The molecule has 94 valence electrons. The van der Waals surface area contributed by atoms with E-state index >= 15 is 0 Å². The van der Waals surface area contributed by atoms with Gasteiger partial charge in [-0.05, 0) is 11.8 Å². The fraction of sp³-hybridized carbons (Fsp3) is 0.700. The maximum Gasteiger partial charge on any atom is 0.503 e. The summed E-state index contributed by atoms with van der Waals surface area (Å²) in [6.07, 6.45) is -4.62. The zero-order chi connectivity index (χ0) is 13.1. The molecule has 0 aromatic carbocycles. The highest BCUT2D eigenvalue weighted by Crippen LogP contribution is 2.21. The molecule has 0 heterocycles. The molecule has 0 aromatic heterocycles. The number of halogens is 3. The number of nitrogens with zero attached hydrogens (tertiary/aromatic N) is 1. The minimum atomic E-state index is -4.62. The second kappa shape index (κ2) is 5.23. The normalized spacial score (nSPS) is 15.7. The van der Waals surface area contributed by atoms with E-state index < -0.39 is 12.2 Å². The molecule has 0 aliphatic rings. The number of alkyl halides is 3. The van der Waals surface area contributed by atoms with Crippen molar-refractivity contribution in [3.8, 4) is 0 Å². The molecule has 0 amide bonds. The Balaban J connectivity index is 5.42. The number of nitrogens with two attached hydrogens (primary N) is 2. The first kappa shape index (κ1) is 14.8. The Hall–Kier alpha value is -1.20. The lowest BCUT2D eigenvalue weighted by molar-refractivity contribution is -0.119. The summed E-state index contributed by atoms with van der Waals surface area (Å²) in [4.78, 5) is 2.67. The summed E-state index contributed by atoms with van der Waals surface area (Å²) in [7, 11) is 0. The Bertz CT molecular complexity index is 301. The van der Waals surface area contributed by atoms with Crippen LogP contribution in [-0.4, -0.2) is 12.0 Å². The lowest BCUT2D eigenvalue weighted by atomic mass is 10.00. The molecule has 16 heavy (non-hydrogen) atoms. The van der Waals surface area contributed by atoms with Crippen molar-refractivity contribution in [1.82, 2.24) is 0 Å². The second-order valence-electron chi connectivity index (χ2n) is 4.14. The molecule has 0 radical (unpaired) electrons. The van der Waals surface area contributed by atoms with E-state index in [4.69, 9.17) is 11.5 Å². The van der Waals surface area contributed by atoms with Crippen molar-refractivity contribution in [3.05, 3.63) is 11.4 Å². The molecule has 0 aliphatic heterocycles. The molecule has 0 saturated carbocycles. The van der Waals surface area contributed by atoms with E-state index in [1.165, 1.54) is 0 Å². The van der Waals surface area contributed by atoms with E-state index in [1.54, 1.807) is 27.7 Å². The summed E-state index contributed by atoms with van der Waals surface area (Å²) < 4.78 is 36.6. The zero-order valence-corrected chi connectivity index (χ0v) is 9.89. The van der Waals surface area contributed by atoms with Crippen molar-refractivity contribution in [3.63, 3.8) is 0 Å². The van der Waals surface area contributed by atoms with Gasteiger partial charge in [0.25, 0.3) is 0 Å². The van der Waals surface area contributed by atoms with Crippen LogP contribution in [0.15, 0.2) is 16.4 Å². The van der Waals surface area contributed by atoms with Gasteiger partial charge in [0, 0.05) is 5.70 Å². The number of rotatable bonds is 3. The molecule has 0 spiro atoms. The highest BCUT2D eigenvalue weighted by molar-refractivity contribution is 6.01. The molecule has 0 atom stereocenters. The van der Waals surface area contributed by atoms with Crippen LogP contribution < -0.4 is 11.5 Å². The van der Waals surface area contributed by atoms with E-state index in [9.17, 15) is 13.2 Å². The Morgan fingerprint density at radius 1 is 1.00 bits per heavy atom. The van der Waals surface area contributed by atoms with Crippen LogP contribution >= 0.6 is 0 Å². The van der Waals surface area contributed by atoms with Crippen LogP contribution in [0.5, 0.6) is 0 Å². The SMILES string of the molecule is CC(C)C(=NC(F)(F)F)C(N)=C(N)C(C)C. The van der Waals surface area contributed by atoms with E-state index in [1.807, 2.05) is 0 Å². The molecular weight excluding hydrogens is 219 g/mol. The molecule has 6 heteroatoms. The van der Waals surface area contributed by atoms with Crippen molar-refractivity contribution in [2.75, 3.05) is 0 Å². The summed E-state index contributed by atoms with van der Waals surface area (Å²) in [6, 6.07) is 0. The van der Waals surface area contributed by atoms with Crippen molar-refractivity contribution in [1.29, 1.82) is 0 Å². The minimum absolute atomic E-state index is 0.0673. The van der Waals surface area contributed by atoms with Crippen LogP contribution in [0, 0.1) is 11.8 Å². The van der Waals surface area contributed by atoms with Crippen LogP contribution in [-0.2, 0) is 0 Å². The van der Waals surface area contributed by atoms with E-state index in [2.05, 4.69) is 4.99 Å². The first-order valence-electron chi connectivity index (χ1n) is 4.98. The monoisotopic (exact) mass is 237 g/mol. The minimum Gasteiger partial charge on any atom is -0.400 e. The largest absolute Gasteiger partial charge is 0.503 e. The molecule has 0 aromatic rings.